The van der Waals surface area contributed by atoms with Gasteiger partial charge >= 0.3 is 0 Å². The van der Waals surface area contributed by atoms with Crippen LogP contribution in [-0.2, 0) is 0 Å². The van der Waals surface area contributed by atoms with Gasteiger partial charge in [-0.25, -0.2) is 0 Å². The maximum absolute atomic E-state index is 12.9. The van der Waals surface area contributed by atoms with E-state index in [1.54, 1.807) is 23.9 Å². The largest absolute Gasteiger partial charge is 0.382 e. The van der Waals surface area contributed by atoms with Crippen molar-refractivity contribution in [2.45, 2.75) is 49.5 Å². The quantitative estimate of drug-likeness (QED) is 0.257. The van der Waals surface area contributed by atoms with Gasteiger partial charge in [-0.1, -0.05) is 31.4 Å². The van der Waals surface area contributed by atoms with Crippen LogP contribution in [0, 0.1) is 16.0 Å². The Morgan fingerprint density at radius 2 is 1.75 bits per heavy atom. The summed E-state index contributed by atoms with van der Waals surface area (Å²) in [6.07, 6.45) is 8.32. The maximum atomic E-state index is 12.9. The summed E-state index contributed by atoms with van der Waals surface area (Å²) in [5.41, 5.74) is 1.64. The van der Waals surface area contributed by atoms with Crippen molar-refractivity contribution in [3.8, 4) is 0 Å². The third kappa shape index (κ3) is 5.35. The minimum Gasteiger partial charge on any atom is -0.382 e. The first-order chi connectivity index (χ1) is 13.6. The van der Waals surface area contributed by atoms with Crippen LogP contribution in [0.2, 0.25) is 0 Å². The van der Waals surface area contributed by atoms with Gasteiger partial charge in [0.1, 0.15) is 0 Å². The third-order valence-corrected chi connectivity index (χ3v) is 6.21. The van der Waals surface area contributed by atoms with Crippen LogP contribution in [-0.4, -0.2) is 23.0 Å². The fourth-order valence-electron chi connectivity index (χ4n) is 3.86. The number of nitrogens with zero attached hydrogens (tertiary/aromatic N) is 1. The van der Waals surface area contributed by atoms with Gasteiger partial charge in [0.05, 0.1) is 4.92 Å². The van der Waals surface area contributed by atoms with Gasteiger partial charge in [0.2, 0.25) is 0 Å². The number of Topliss-reactive ketones (excluding diaryl/α,β-unsaturated/α-hetero) is 1. The number of thioether (sulfide) groups is 1. The normalized spacial score (nSPS) is 15.8. The second kappa shape index (κ2) is 9.73. The number of nitrogens with one attached hydrogen (secondary N) is 1. The number of benzene rings is 2. The number of ketones is 1. The summed E-state index contributed by atoms with van der Waals surface area (Å²) in [5, 5.41) is 14.4. The van der Waals surface area contributed by atoms with Gasteiger partial charge in [0.25, 0.3) is 5.69 Å². The predicted molar refractivity (Wildman–Crippen MR) is 114 cm³/mol. The zero-order chi connectivity index (χ0) is 19.9. The van der Waals surface area contributed by atoms with E-state index in [0.29, 0.717) is 12.3 Å². The van der Waals surface area contributed by atoms with E-state index in [0.717, 1.165) is 29.0 Å². The standard InChI is InChI=1S/C22H26N2O3S/c1-28-20-13-7-17(8-14-20)22(25)15-21(16-5-3-2-4-6-16)23-18-9-11-19(12-10-18)24(26)27/h7-14,16,21,23H,2-6,15H2,1H3. The van der Waals surface area contributed by atoms with Gasteiger partial charge in [-0.15, -0.1) is 11.8 Å². The SMILES string of the molecule is CSc1ccc(C(=O)CC(Nc2ccc([N+](=O)[O-])cc2)C2CCCCC2)cc1. The lowest BCUT2D eigenvalue weighted by Crippen LogP contribution is -2.33. The molecule has 0 bridgehead atoms. The van der Waals surface area contributed by atoms with Crippen LogP contribution in [0.4, 0.5) is 11.4 Å². The molecule has 0 radical (unpaired) electrons. The molecular formula is C22H26N2O3S. The minimum atomic E-state index is -0.399. The highest BCUT2D eigenvalue weighted by Crippen LogP contribution is 2.31. The number of rotatable bonds is 8. The molecule has 2 aromatic carbocycles. The van der Waals surface area contributed by atoms with Crippen molar-refractivity contribution in [2.24, 2.45) is 5.92 Å². The average Bonchev–Trinajstić information content (AvgIpc) is 2.74. The molecule has 0 saturated heterocycles. The monoisotopic (exact) mass is 398 g/mol. The molecule has 0 amide bonds. The molecule has 148 valence electrons. The number of carbonyl (C=O) groups is 1. The molecule has 0 aliphatic heterocycles. The molecule has 1 fully saturated rings. The van der Waals surface area contributed by atoms with E-state index in [9.17, 15) is 14.9 Å². The van der Waals surface area contributed by atoms with Crippen molar-refractivity contribution in [3.05, 3.63) is 64.2 Å². The van der Waals surface area contributed by atoms with E-state index in [-0.39, 0.29) is 17.5 Å². The second-order valence-corrected chi connectivity index (χ2v) is 8.19. The van der Waals surface area contributed by atoms with Crippen LogP contribution in [0.25, 0.3) is 0 Å². The van der Waals surface area contributed by atoms with E-state index in [4.69, 9.17) is 0 Å². The molecule has 1 atom stereocenters. The summed E-state index contributed by atoms with van der Waals surface area (Å²) in [5.74, 6) is 0.580. The highest BCUT2D eigenvalue weighted by Gasteiger charge is 2.26. The molecule has 0 spiro atoms. The van der Waals surface area contributed by atoms with Crippen LogP contribution in [0.5, 0.6) is 0 Å². The first-order valence-electron chi connectivity index (χ1n) is 9.75. The molecule has 1 saturated carbocycles. The Hall–Kier alpha value is -2.34. The average molecular weight is 399 g/mol. The fourth-order valence-corrected chi connectivity index (χ4v) is 4.27. The van der Waals surface area contributed by atoms with E-state index in [2.05, 4.69) is 5.32 Å². The van der Waals surface area contributed by atoms with Crippen molar-refractivity contribution in [2.75, 3.05) is 11.6 Å². The Labute approximate surface area is 170 Å². The number of hydrogen-bond acceptors (Lipinski definition) is 5. The lowest BCUT2D eigenvalue weighted by atomic mass is 9.81. The molecular weight excluding hydrogens is 372 g/mol. The Morgan fingerprint density at radius 1 is 1.11 bits per heavy atom. The zero-order valence-electron chi connectivity index (χ0n) is 16.1. The number of nitro benzene ring substituents is 1. The van der Waals surface area contributed by atoms with Crippen molar-refractivity contribution < 1.29 is 9.72 Å². The third-order valence-electron chi connectivity index (χ3n) is 5.47. The number of nitro groups is 1. The number of hydrogen-bond donors (Lipinski definition) is 1. The predicted octanol–water partition coefficient (Wildman–Crippen LogP) is 5.95. The smallest absolute Gasteiger partial charge is 0.269 e. The second-order valence-electron chi connectivity index (χ2n) is 7.31. The van der Waals surface area contributed by atoms with Gasteiger partial charge in [0.15, 0.2) is 5.78 Å². The van der Waals surface area contributed by atoms with E-state index >= 15 is 0 Å². The molecule has 0 aromatic heterocycles. The van der Waals surface area contributed by atoms with E-state index in [1.165, 1.54) is 31.4 Å². The van der Waals surface area contributed by atoms with Crippen molar-refractivity contribution in [1.29, 1.82) is 0 Å². The van der Waals surface area contributed by atoms with E-state index < -0.39 is 4.92 Å². The molecule has 3 rings (SSSR count). The molecule has 1 unspecified atom stereocenters. The first kappa shape index (κ1) is 20.4. The van der Waals surface area contributed by atoms with E-state index in [1.807, 2.05) is 30.5 Å². The Balaban J connectivity index is 1.74. The fraction of sp³-hybridized carbons (Fsp3) is 0.409. The van der Waals surface area contributed by atoms with Crippen LogP contribution >= 0.6 is 11.8 Å². The summed E-state index contributed by atoms with van der Waals surface area (Å²) < 4.78 is 0. The number of non-ortho nitro benzene ring substituents is 1. The summed E-state index contributed by atoms with van der Waals surface area (Å²) in [6, 6.07) is 14.3. The number of anilines is 1. The van der Waals surface area contributed by atoms with Gasteiger partial charge in [0, 0.05) is 40.7 Å². The zero-order valence-corrected chi connectivity index (χ0v) is 16.9. The highest BCUT2D eigenvalue weighted by molar-refractivity contribution is 7.98. The van der Waals surface area contributed by atoms with Crippen LogP contribution in [0.15, 0.2) is 53.4 Å². The molecule has 5 nitrogen and oxygen atoms in total. The van der Waals surface area contributed by atoms with Crippen LogP contribution < -0.4 is 5.32 Å². The Kier molecular flexibility index (Phi) is 7.09. The van der Waals surface area contributed by atoms with Crippen molar-refractivity contribution in [1.82, 2.24) is 0 Å². The summed E-state index contributed by atoms with van der Waals surface area (Å²) in [6.45, 7) is 0. The highest BCUT2D eigenvalue weighted by atomic mass is 32.2. The van der Waals surface area contributed by atoms with Gasteiger partial charge in [-0.2, -0.15) is 0 Å². The Morgan fingerprint density at radius 3 is 2.32 bits per heavy atom. The maximum Gasteiger partial charge on any atom is 0.269 e. The van der Waals surface area contributed by atoms with Crippen LogP contribution in [0.3, 0.4) is 0 Å². The molecule has 2 aromatic rings. The lowest BCUT2D eigenvalue weighted by Gasteiger charge is -2.31. The minimum absolute atomic E-state index is 0.0366. The topological polar surface area (TPSA) is 72.2 Å². The van der Waals surface area contributed by atoms with Crippen molar-refractivity contribution >= 4 is 28.9 Å². The number of carbonyl (C=O) groups excluding carboxylic acids is 1. The Bertz CT molecular complexity index is 800. The molecule has 0 heterocycles. The van der Waals surface area contributed by atoms with Gasteiger partial charge in [-0.3, -0.25) is 14.9 Å². The van der Waals surface area contributed by atoms with Crippen LogP contribution in [0.1, 0.15) is 48.9 Å². The summed E-state index contributed by atoms with van der Waals surface area (Å²) >= 11 is 1.66. The molecule has 1 N–H and O–H groups in total. The molecule has 6 heteroatoms. The first-order valence-corrected chi connectivity index (χ1v) is 11.0. The lowest BCUT2D eigenvalue weighted by molar-refractivity contribution is -0.384. The molecule has 1 aliphatic rings. The summed E-state index contributed by atoms with van der Waals surface area (Å²) in [7, 11) is 0. The van der Waals surface area contributed by atoms with Gasteiger partial charge < -0.3 is 5.32 Å². The van der Waals surface area contributed by atoms with Crippen molar-refractivity contribution in [3.63, 3.8) is 0 Å². The van der Waals surface area contributed by atoms with Gasteiger partial charge in [-0.05, 0) is 49.3 Å². The molecule has 1 aliphatic carbocycles. The molecule has 28 heavy (non-hydrogen) atoms. The summed E-state index contributed by atoms with van der Waals surface area (Å²) in [4.78, 5) is 24.5.